The summed E-state index contributed by atoms with van der Waals surface area (Å²) in [6, 6.07) is 28.9. The molecule has 0 aliphatic carbocycles. The monoisotopic (exact) mass is 453 g/mol. The van der Waals surface area contributed by atoms with Crippen molar-refractivity contribution in [1.82, 2.24) is 5.32 Å². The molecule has 3 aromatic carbocycles. The molecule has 0 unspecified atom stereocenters. The lowest BCUT2D eigenvalue weighted by molar-refractivity contribution is -0.121. The summed E-state index contributed by atoms with van der Waals surface area (Å²) >= 11 is 1.20. The van der Waals surface area contributed by atoms with E-state index in [4.69, 9.17) is 0 Å². The number of para-hydroxylation sites is 2. The van der Waals surface area contributed by atoms with E-state index in [1.807, 2.05) is 91.9 Å². The molecule has 1 aliphatic heterocycles. The smallest absolute Gasteiger partial charge is 0.241 e. The average Bonchev–Trinajstić information content (AvgIpc) is 2.84. The number of benzene rings is 3. The van der Waals surface area contributed by atoms with E-state index < -0.39 is 0 Å². The maximum absolute atomic E-state index is 13.4. The molecule has 0 bridgehead atoms. The number of anilines is 2. The minimum absolute atomic E-state index is 0.0745. The fraction of sp³-hybridized carbons (Fsp3) is 0.148. The van der Waals surface area contributed by atoms with Gasteiger partial charge in [-0.2, -0.15) is 5.26 Å². The standard InChI is InChI=1S/C27H23N3O2S/c1-19-10-8-9-15-22(19)23-16-25(31)29-27(24(23)17-28)33-18-26(32)30(20-11-4-2-5-12-20)21-13-6-3-7-14-21/h2-15,23H,16,18H2,1H3,(H,29,31)/t23-/m0/s1. The van der Waals surface area contributed by atoms with Gasteiger partial charge in [0, 0.05) is 23.7 Å². The Bertz CT molecular complexity index is 1190. The zero-order valence-corrected chi connectivity index (χ0v) is 19.0. The van der Waals surface area contributed by atoms with Crippen LogP contribution >= 0.6 is 11.8 Å². The highest BCUT2D eigenvalue weighted by Crippen LogP contribution is 2.37. The van der Waals surface area contributed by atoms with Crippen LogP contribution in [0.5, 0.6) is 0 Å². The Morgan fingerprint density at radius 3 is 2.15 bits per heavy atom. The SMILES string of the molecule is Cc1ccccc1[C@@H]1CC(=O)NC(SCC(=O)N(c2ccccc2)c2ccccc2)=C1C#N. The molecule has 5 nitrogen and oxygen atoms in total. The third kappa shape index (κ3) is 5.00. The zero-order valence-electron chi connectivity index (χ0n) is 18.2. The second kappa shape index (κ2) is 10.2. The molecule has 0 radical (unpaired) electrons. The molecule has 0 saturated carbocycles. The Hall–Kier alpha value is -3.82. The summed E-state index contributed by atoms with van der Waals surface area (Å²) < 4.78 is 0. The van der Waals surface area contributed by atoms with E-state index in [2.05, 4.69) is 11.4 Å². The molecule has 1 N–H and O–H groups in total. The fourth-order valence-electron chi connectivity index (χ4n) is 3.97. The predicted molar refractivity (Wildman–Crippen MR) is 132 cm³/mol. The van der Waals surface area contributed by atoms with Crippen LogP contribution in [0.25, 0.3) is 0 Å². The van der Waals surface area contributed by atoms with Crippen LogP contribution in [0, 0.1) is 18.3 Å². The number of hydrogen-bond donors (Lipinski definition) is 1. The molecular formula is C27H23N3O2S. The van der Waals surface area contributed by atoms with Gasteiger partial charge >= 0.3 is 0 Å². The van der Waals surface area contributed by atoms with Crippen LogP contribution in [0.15, 0.2) is 95.5 Å². The second-order valence-corrected chi connectivity index (χ2v) is 8.69. The number of carbonyl (C=O) groups excluding carboxylic acids is 2. The van der Waals surface area contributed by atoms with E-state index in [9.17, 15) is 14.9 Å². The molecule has 1 heterocycles. The molecule has 0 saturated heterocycles. The highest BCUT2D eigenvalue weighted by molar-refractivity contribution is 8.03. The van der Waals surface area contributed by atoms with Gasteiger partial charge in [0.2, 0.25) is 11.8 Å². The molecule has 33 heavy (non-hydrogen) atoms. The minimum atomic E-state index is -0.318. The molecule has 1 atom stereocenters. The summed E-state index contributed by atoms with van der Waals surface area (Å²) in [7, 11) is 0. The molecule has 2 amide bonds. The Morgan fingerprint density at radius 2 is 1.58 bits per heavy atom. The highest BCUT2D eigenvalue weighted by atomic mass is 32.2. The first-order valence-electron chi connectivity index (χ1n) is 10.6. The van der Waals surface area contributed by atoms with Gasteiger partial charge in [0.1, 0.15) is 0 Å². The highest BCUT2D eigenvalue weighted by Gasteiger charge is 2.31. The third-order valence-corrected chi connectivity index (χ3v) is 6.54. The average molecular weight is 454 g/mol. The van der Waals surface area contributed by atoms with Crippen LogP contribution in [0.1, 0.15) is 23.5 Å². The van der Waals surface area contributed by atoms with Crippen molar-refractivity contribution in [3.8, 4) is 6.07 Å². The van der Waals surface area contributed by atoms with E-state index in [1.54, 1.807) is 4.90 Å². The number of carbonyl (C=O) groups is 2. The van der Waals surface area contributed by atoms with Gasteiger partial charge in [0.25, 0.3) is 0 Å². The summed E-state index contributed by atoms with van der Waals surface area (Å²) in [5.41, 5.74) is 4.00. The minimum Gasteiger partial charge on any atom is -0.320 e. The van der Waals surface area contributed by atoms with Crippen LogP contribution < -0.4 is 10.2 Å². The van der Waals surface area contributed by atoms with Gasteiger partial charge in [-0.05, 0) is 42.3 Å². The number of allylic oxidation sites excluding steroid dienone is 1. The van der Waals surface area contributed by atoms with Gasteiger partial charge in [-0.1, -0.05) is 72.4 Å². The van der Waals surface area contributed by atoms with Gasteiger partial charge in [-0.3, -0.25) is 14.5 Å². The van der Waals surface area contributed by atoms with Crippen LogP contribution in [0.2, 0.25) is 0 Å². The molecule has 164 valence electrons. The van der Waals surface area contributed by atoms with Crippen LogP contribution in [-0.2, 0) is 9.59 Å². The van der Waals surface area contributed by atoms with Crippen molar-refractivity contribution in [2.75, 3.05) is 10.7 Å². The maximum atomic E-state index is 13.4. The Balaban J connectivity index is 1.62. The first-order valence-corrected chi connectivity index (χ1v) is 11.6. The number of rotatable bonds is 6. The number of hydrogen-bond acceptors (Lipinski definition) is 4. The van der Waals surface area contributed by atoms with Crippen molar-refractivity contribution in [3.63, 3.8) is 0 Å². The van der Waals surface area contributed by atoms with Crippen LogP contribution in [0.4, 0.5) is 11.4 Å². The van der Waals surface area contributed by atoms with Gasteiger partial charge in [0.05, 0.1) is 22.4 Å². The Morgan fingerprint density at radius 1 is 1.00 bits per heavy atom. The summed E-state index contributed by atoms with van der Waals surface area (Å²) in [5, 5.41) is 13.2. The molecular weight excluding hydrogens is 430 g/mol. The Kier molecular flexibility index (Phi) is 6.92. The lowest BCUT2D eigenvalue weighted by atomic mass is 9.85. The summed E-state index contributed by atoms with van der Waals surface area (Å²) in [6.45, 7) is 1.98. The number of thioether (sulfide) groups is 1. The van der Waals surface area contributed by atoms with Crippen molar-refractivity contribution in [3.05, 3.63) is 107 Å². The first kappa shape index (κ1) is 22.4. The molecule has 0 fully saturated rings. The number of nitrogens with one attached hydrogen (secondary N) is 1. The Labute approximate surface area is 197 Å². The number of aryl methyl sites for hydroxylation is 1. The van der Waals surface area contributed by atoms with Crippen molar-refractivity contribution in [2.24, 2.45) is 0 Å². The van der Waals surface area contributed by atoms with Crippen molar-refractivity contribution < 1.29 is 9.59 Å². The largest absolute Gasteiger partial charge is 0.320 e. The van der Waals surface area contributed by atoms with E-state index in [0.29, 0.717) is 10.6 Å². The maximum Gasteiger partial charge on any atom is 0.241 e. The van der Waals surface area contributed by atoms with Crippen LogP contribution in [-0.4, -0.2) is 17.6 Å². The lowest BCUT2D eigenvalue weighted by Gasteiger charge is -2.27. The number of amides is 2. The molecule has 4 rings (SSSR count). The van der Waals surface area contributed by atoms with Gasteiger partial charge < -0.3 is 5.32 Å². The molecule has 0 aromatic heterocycles. The molecule has 1 aliphatic rings. The topological polar surface area (TPSA) is 73.2 Å². The van der Waals surface area contributed by atoms with E-state index >= 15 is 0 Å². The second-order valence-electron chi connectivity index (χ2n) is 7.70. The van der Waals surface area contributed by atoms with Crippen molar-refractivity contribution in [2.45, 2.75) is 19.3 Å². The summed E-state index contributed by atoms with van der Waals surface area (Å²) in [6.07, 6.45) is 0.214. The normalized spacial score (nSPS) is 15.5. The fourth-order valence-corrected chi connectivity index (χ4v) is 4.89. The lowest BCUT2D eigenvalue weighted by Crippen LogP contribution is -2.33. The third-order valence-electron chi connectivity index (χ3n) is 5.54. The van der Waals surface area contributed by atoms with Crippen molar-refractivity contribution >= 4 is 35.0 Å². The quantitative estimate of drug-likeness (QED) is 0.540. The predicted octanol–water partition coefficient (Wildman–Crippen LogP) is 5.43. The van der Waals surface area contributed by atoms with Gasteiger partial charge in [-0.15, -0.1) is 0 Å². The van der Waals surface area contributed by atoms with Crippen LogP contribution in [0.3, 0.4) is 0 Å². The molecule has 6 heteroatoms. The van der Waals surface area contributed by atoms with Gasteiger partial charge in [-0.25, -0.2) is 0 Å². The van der Waals surface area contributed by atoms with E-state index in [-0.39, 0.29) is 29.9 Å². The summed E-state index contributed by atoms with van der Waals surface area (Å²) in [5.74, 6) is -0.540. The van der Waals surface area contributed by atoms with Crippen molar-refractivity contribution in [1.29, 1.82) is 5.26 Å². The zero-order chi connectivity index (χ0) is 23.2. The van der Waals surface area contributed by atoms with E-state index in [0.717, 1.165) is 22.5 Å². The number of nitriles is 1. The number of nitrogens with zero attached hydrogens (tertiary/aromatic N) is 2. The molecule has 3 aromatic rings. The molecule has 0 spiro atoms. The first-order chi connectivity index (χ1) is 16.1. The summed E-state index contributed by atoms with van der Waals surface area (Å²) in [4.78, 5) is 27.5. The van der Waals surface area contributed by atoms with Gasteiger partial charge in [0.15, 0.2) is 0 Å². The van der Waals surface area contributed by atoms with E-state index in [1.165, 1.54) is 11.8 Å².